The van der Waals surface area contributed by atoms with Crippen LogP contribution in [0.4, 0.5) is 5.69 Å². The van der Waals surface area contributed by atoms with Gasteiger partial charge in [0, 0.05) is 12.7 Å². The van der Waals surface area contributed by atoms with Crippen LogP contribution in [0.3, 0.4) is 0 Å². The molecule has 0 radical (unpaired) electrons. The Balaban J connectivity index is 2.80. The van der Waals surface area contributed by atoms with Crippen molar-refractivity contribution in [2.75, 3.05) is 12.4 Å². The Kier molecular flexibility index (Phi) is 2.16. The monoisotopic (exact) mass is 185 g/mol. The smallest absolute Gasteiger partial charge is 0.0373 e. The number of aryl methyl sites for hydroxylation is 2. The molecule has 0 amide bonds. The standard InChI is InChI=1S/C13H15N/c1-9-5-4-6-11-7-10(2)13(14-3)8-12(9)11/h4-8,14H,1-3H3. The second-order valence-electron chi connectivity index (χ2n) is 3.71. The third-order valence-electron chi connectivity index (χ3n) is 2.71. The quantitative estimate of drug-likeness (QED) is 0.717. The molecule has 1 nitrogen and oxygen atoms in total. The first kappa shape index (κ1) is 9.07. The van der Waals surface area contributed by atoms with E-state index in [9.17, 15) is 0 Å². The van der Waals surface area contributed by atoms with Crippen LogP contribution in [0, 0.1) is 13.8 Å². The Morgan fingerprint density at radius 2 is 1.79 bits per heavy atom. The average Bonchev–Trinajstić information content (AvgIpc) is 2.17. The predicted molar refractivity (Wildman–Crippen MR) is 63.0 cm³/mol. The van der Waals surface area contributed by atoms with E-state index >= 15 is 0 Å². The molecule has 72 valence electrons. The van der Waals surface area contributed by atoms with Crippen molar-refractivity contribution in [2.24, 2.45) is 0 Å². The van der Waals surface area contributed by atoms with Gasteiger partial charge in [0.1, 0.15) is 0 Å². The van der Waals surface area contributed by atoms with Crippen molar-refractivity contribution in [2.45, 2.75) is 13.8 Å². The maximum Gasteiger partial charge on any atom is 0.0373 e. The molecule has 2 rings (SSSR count). The van der Waals surface area contributed by atoms with Crippen molar-refractivity contribution in [1.29, 1.82) is 0 Å². The minimum atomic E-state index is 1.21. The summed E-state index contributed by atoms with van der Waals surface area (Å²) in [5, 5.41) is 5.87. The number of fused-ring (bicyclic) bond motifs is 1. The zero-order valence-electron chi connectivity index (χ0n) is 8.89. The van der Waals surface area contributed by atoms with E-state index in [4.69, 9.17) is 0 Å². The lowest BCUT2D eigenvalue weighted by atomic mass is 10.0. The van der Waals surface area contributed by atoms with Gasteiger partial charge >= 0.3 is 0 Å². The molecule has 14 heavy (non-hydrogen) atoms. The highest BCUT2D eigenvalue weighted by Gasteiger charge is 2.01. The molecule has 0 aliphatic heterocycles. The minimum absolute atomic E-state index is 1.21. The zero-order valence-corrected chi connectivity index (χ0v) is 8.89. The van der Waals surface area contributed by atoms with Crippen molar-refractivity contribution in [3.05, 3.63) is 41.5 Å². The molecule has 2 aromatic rings. The summed E-state index contributed by atoms with van der Waals surface area (Å²) in [7, 11) is 1.96. The molecule has 0 unspecified atom stereocenters. The predicted octanol–water partition coefficient (Wildman–Crippen LogP) is 3.50. The Morgan fingerprint density at radius 3 is 2.50 bits per heavy atom. The first-order valence-electron chi connectivity index (χ1n) is 4.90. The minimum Gasteiger partial charge on any atom is -0.388 e. The fourth-order valence-corrected chi connectivity index (χ4v) is 1.86. The number of benzene rings is 2. The van der Waals surface area contributed by atoms with Crippen LogP contribution in [0.25, 0.3) is 10.8 Å². The highest BCUT2D eigenvalue weighted by atomic mass is 14.8. The largest absolute Gasteiger partial charge is 0.388 e. The molecule has 1 heteroatoms. The summed E-state index contributed by atoms with van der Waals surface area (Å²) < 4.78 is 0. The van der Waals surface area contributed by atoms with E-state index in [1.165, 1.54) is 27.6 Å². The summed E-state index contributed by atoms with van der Waals surface area (Å²) in [6.07, 6.45) is 0. The SMILES string of the molecule is CNc1cc2c(C)cccc2cc1C. The van der Waals surface area contributed by atoms with Crippen molar-refractivity contribution in [3.8, 4) is 0 Å². The maximum absolute atomic E-state index is 3.21. The highest BCUT2D eigenvalue weighted by Crippen LogP contribution is 2.25. The van der Waals surface area contributed by atoms with Crippen LogP contribution in [0.2, 0.25) is 0 Å². The van der Waals surface area contributed by atoms with Gasteiger partial charge in [-0.1, -0.05) is 18.2 Å². The van der Waals surface area contributed by atoms with Gasteiger partial charge in [-0.2, -0.15) is 0 Å². The van der Waals surface area contributed by atoms with Gasteiger partial charge in [-0.05, 0) is 47.9 Å². The Hall–Kier alpha value is -1.50. The average molecular weight is 185 g/mol. The van der Waals surface area contributed by atoms with Crippen LogP contribution in [0.1, 0.15) is 11.1 Å². The Morgan fingerprint density at radius 1 is 1.00 bits per heavy atom. The van der Waals surface area contributed by atoms with E-state index in [0.717, 1.165) is 0 Å². The summed E-state index contributed by atoms with van der Waals surface area (Å²) in [6, 6.07) is 10.9. The number of anilines is 1. The Bertz CT molecular complexity index is 472. The Labute approximate surface area is 84.8 Å². The molecular formula is C13H15N. The third-order valence-corrected chi connectivity index (χ3v) is 2.71. The molecule has 0 aliphatic carbocycles. The lowest BCUT2D eigenvalue weighted by Gasteiger charge is -2.09. The van der Waals surface area contributed by atoms with Crippen LogP contribution in [-0.2, 0) is 0 Å². The fraction of sp³-hybridized carbons (Fsp3) is 0.231. The van der Waals surface area contributed by atoms with E-state index in [0.29, 0.717) is 0 Å². The van der Waals surface area contributed by atoms with E-state index in [1.54, 1.807) is 0 Å². The van der Waals surface area contributed by atoms with E-state index in [-0.39, 0.29) is 0 Å². The molecule has 0 fully saturated rings. The summed E-state index contributed by atoms with van der Waals surface area (Å²) in [6.45, 7) is 4.28. The molecule has 2 aromatic carbocycles. The third kappa shape index (κ3) is 1.35. The van der Waals surface area contributed by atoms with Gasteiger partial charge in [-0.3, -0.25) is 0 Å². The summed E-state index contributed by atoms with van der Waals surface area (Å²) >= 11 is 0. The van der Waals surface area contributed by atoms with Crippen LogP contribution < -0.4 is 5.32 Å². The lowest BCUT2D eigenvalue weighted by molar-refractivity contribution is 1.42. The van der Waals surface area contributed by atoms with Crippen LogP contribution in [0.15, 0.2) is 30.3 Å². The maximum atomic E-state index is 3.21. The topological polar surface area (TPSA) is 12.0 Å². The normalized spacial score (nSPS) is 10.5. The molecule has 0 saturated heterocycles. The fourth-order valence-electron chi connectivity index (χ4n) is 1.86. The molecule has 0 aliphatic rings. The first-order chi connectivity index (χ1) is 6.72. The van der Waals surface area contributed by atoms with E-state index < -0.39 is 0 Å². The molecule has 0 spiro atoms. The van der Waals surface area contributed by atoms with Gasteiger partial charge in [0.15, 0.2) is 0 Å². The van der Waals surface area contributed by atoms with Crippen molar-refractivity contribution in [3.63, 3.8) is 0 Å². The second-order valence-corrected chi connectivity index (χ2v) is 3.71. The van der Waals surface area contributed by atoms with Gasteiger partial charge < -0.3 is 5.32 Å². The van der Waals surface area contributed by atoms with Gasteiger partial charge in [0.05, 0.1) is 0 Å². The van der Waals surface area contributed by atoms with E-state index in [2.05, 4.69) is 49.5 Å². The first-order valence-corrected chi connectivity index (χ1v) is 4.90. The van der Waals surface area contributed by atoms with Crippen molar-refractivity contribution < 1.29 is 0 Å². The second kappa shape index (κ2) is 3.33. The number of hydrogen-bond donors (Lipinski definition) is 1. The van der Waals surface area contributed by atoms with Crippen LogP contribution >= 0.6 is 0 Å². The molecule has 0 heterocycles. The number of nitrogens with one attached hydrogen (secondary N) is 1. The van der Waals surface area contributed by atoms with Crippen molar-refractivity contribution in [1.82, 2.24) is 0 Å². The van der Waals surface area contributed by atoms with Gasteiger partial charge in [0.25, 0.3) is 0 Å². The van der Waals surface area contributed by atoms with Crippen molar-refractivity contribution >= 4 is 16.5 Å². The lowest BCUT2D eigenvalue weighted by Crippen LogP contribution is -1.92. The summed E-state index contributed by atoms with van der Waals surface area (Å²) in [4.78, 5) is 0. The molecule has 0 aromatic heterocycles. The number of rotatable bonds is 1. The van der Waals surface area contributed by atoms with Gasteiger partial charge in [0.2, 0.25) is 0 Å². The number of hydrogen-bond acceptors (Lipinski definition) is 1. The van der Waals surface area contributed by atoms with Gasteiger partial charge in [-0.25, -0.2) is 0 Å². The van der Waals surface area contributed by atoms with Crippen LogP contribution in [-0.4, -0.2) is 7.05 Å². The van der Waals surface area contributed by atoms with E-state index in [1.807, 2.05) is 7.05 Å². The molecule has 0 atom stereocenters. The molecular weight excluding hydrogens is 170 g/mol. The summed E-state index contributed by atoms with van der Waals surface area (Å²) in [5.41, 5.74) is 3.84. The molecule has 0 saturated carbocycles. The highest BCUT2D eigenvalue weighted by molar-refractivity contribution is 5.89. The zero-order chi connectivity index (χ0) is 10.1. The van der Waals surface area contributed by atoms with Crippen LogP contribution in [0.5, 0.6) is 0 Å². The molecule has 1 N–H and O–H groups in total. The summed E-state index contributed by atoms with van der Waals surface area (Å²) in [5.74, 6) is 0. The molecule has 0 bridgehead atoms. The van der Waals surface area contributed by atoms with Gasteiger partial charge in [-0.15, -0.1) is 0 Å².